The van der Waals surface area contributed by atoms with E-state index in [9.17, 15) is 14.7 Å². The van der Waals surface area contributed by atoms with E-state index < -0.39 is 29.8 Å². The maximum atomic E-state index is 12.4. The molecule has 2 aliphatic heterocycles. The lowest BCUT2D eigenvalue weighted by atomic mass is 9.79. The molecule has 3 rings (SSSR count). The molecule has 0 aromatic carbocycles. The van der Waals surface area contributed by atoms with Gasteiger partial charge >= 0.3 is 11.9 Å². The molecule has 26 heavy (non-hydrogen) atoms. The van der Waals surface area contributed by atoms with Crippen molar-refractivity contribution in [1.29, 1.82) is 0 Å². The monoisotopic (exact) mass is 364 g/mol. The van der Waals surface area contributed by atoms with Gasteiger partial charge in [-0.1, -0.05) is 24.6 Å². The van der Waals surface area contributed by atoms with E-state index in [1.807, 2.05) is 19.9 Å². The van der Waals surface area contributed by atoms with Crippen molar-refractivity contribution < 1.29 is 28.9 Å². The molecule has 1 N–H and O–H groups in total. The lowest BCUT2D eigenvalue weighted by molar-refractivity contribution is -0.149. The number of rotatable bonds is 2. The van der Waals surface area contributed by atoms with Gasteiger partial charge in [0.1, 0.15) is 23.9 Å². The van der Waals surface area contributed by atoms with Crippen molar-refractivity contribution in [1.82, 2.24) is 0 Å². The van der Waals surface area contributed by atoms with Crippen LogP contribution in [0.25, 0.3) is 0 Å². The summed E-state index contributed by atoms with van der Waals surface area (Å²) in [5.41, 5.74) is 0.795. The summed E-state index contributed by atoms with van der Waals surface area (Å²) in [4.78, 5) is 24.7. The zero-order valence-corrected chi connectivity index (χ0v) is 16.0. The quantitative estimate of drug-likeness (QED) is 0.350. The number of esters is 2. The Morgan fingerprint density at radius 1 is 1.46 bits per heavy atom. The highest BCUT2D eigenvalue weighted by molar-refractivity contribution is 5.87. The number of carbonyl (C=O) groups is 2. The van der Waals surface area contributed by atoms with E-state index in [0.717, 1.165) is 5.57 Å². The van der Waals surface area contributed by atoms with Gasteiger partial charge in [0.05, 0.1) is 12.0 Å². The van der Waals surface area contributed by atoms with Gasteiger partial charge in [0.25, 0.3) is 0 Å². The van der Waals surface area contributed by atoms with Crippen molar-refractivity contribution in [3.05, 3.63) is 23.3 Å². The minimum Gasteiger partial charge on any atom is -0.459 e. The number of ether oxygens (including phenoxy) is 3. The van der Waals surface area contributed by atoms with Gasteiger partial charge in [-0.05, 0) is 34.1 Å². The Bertz CT molecular complexity index is 665. The summed E-state index contributed by atoms with van der Waals surface area (Å²) in [5.74, 6) is -1.40. The fraction of sp³-hybridized carbons (Fsp3) is 0.700. The van der Waals surface area contributed by atoms with Crippen LogP contribution in [-0.4, -0.2) is 47.1 Å². The number of allylic oxidation sites excluding steroid dienone is 1. The number of hydrogen-bond acceptors (Lipinski definition) is 6. The molecule has 0 saturated carbocycles. The van der Waals surface area contributed by atoms with Crippen molar-refractivity contribution in [2.24, 2.45) is 11.8 Å². The van der Waals surface area contributed by atoms with Crippen LogP contribution in [0, 0.1) is 11.8 Å². The number of fused-ring (bicyclic) bond motifs is 3. The average Bonchev–Trinajstić information content (AvgIpc) is 3.21. The second kappa shape index (κ2) is 6.82. The molecule has 3 aliphatic rings. The third-order valence-electron chi connectivity index (χ3n) is 6.08. The molecule has 6 nitrogen and oxygen atoms in total. The zero-order chi connectivity index (χ0) is 19.2. The van der Waals surface area contributed by atoms with Crippen LogP contribution in [0.3, 0.4) is 0 Å². The van der Waals surface area contributed by atoms with E-state index >= 15 is 0 Å². The summed E-state index contributed by atoms with van der Waals surface area (Å²) in [6, 6.07) is 0. The van der Waals surface area contributed by atoms with Crippen LogP contribution in [-0.2, 0) is 23.8 Å². The Morgan fingerprint density at radius 2 is 2.15 bits per heavy atom. The molecule has 7 atom stereocenters. The Kier molecular flexibility index (Phi) is 5.01. The summed E-state index contributed by atoms with van der Waals surface area (Å²) < 4.78 is 17.2. The van der Waals surface area contributed by atoms with E-state index in [-0.39, 0.29) is 24.0 Å². The Morgan fingerprint density at radius 3 is 2.81 bits per heavy atom. The first-order valence-corrected chi connectivity index (χ1v) is 9.25. The van der Waals surface area contributed by atoms with Gasteiger partial charge in [-0.3, -0.25) is 4.79 Å². The lowest BCUT2D eigenvalue weighted by Crippen LogP contribution is -2.42. The number of hydrogen-bond donors (Lipinski definition) is 1. The molecule has 1 aliphatic carbocycles. The third kappa shape index (κ3) is 3.21. The Balaban J connectivity index is 1.96. The SMILES string of the molecule is C/C=C(\C)C(=O)O[C@@H]1C/C(C)=C/C[C@H](O)[C@@]2(C)O[C@@H]2[C@H]2OC(=O)[C@@H](C)[C@@H]21. The molecule has 0 bridgehead atoms. The molecular formula is C20H28O6. The number of aliphatic hydroxyl groups excluding tert-OH is 1. The highest BCUT2D eigenvalue weighted by Gasteiger charge is 2.67. The molecule has 0 spiro atoms. The molecule has 144 valence electrons. The zero-order valence-electron chi connectivity index (χ0n) is 16.0. The summed E-state index contributed by atoms with van der Waals surface area (Å²) in [6.07, 6.45) is 2.57. The number of aliphatic hydroxyl groups is 1. The molecule has 0 aromatic rings. The van der Waals surface area contributed by atoms with Gasteiger partial charge in [-0.25, -0.2) is 4.79 Å². The molecule has 2 saturated heterocycles. The molecule has 2 heterocycles. The fourth-order valence-corrected chi connectivity index (χ4v) is 4.01. The summed E-state index contributed by atoms with van der Waals surface area (Å²) >= 11 is 0. The molecular weight excluding hydrogens is 336 g/mol. The highest BCUT2D eigenvalue weighted by Crippen LogP contribution is 2.50. The van der Waals surface area contributed by atoms with Gasteiger partial charge in [-0.15, -0.1) is 0 Å². The third-order valence-corrected chi connectivity index (χ3v) is 6.08. The molecule has 0 aromatic heterocycles. The second-order valence-electron chi connectivity index (χ2n) is 7.91. The lowest BCUT2D eigenvalue weighted by Gasteiger charge is -2.30. The van der Waals surface area contributed by atoms with E-state index in [4.69, 9.17) is 14.2 Å². The first-order valence-electron chi connectivity index (χ1n) is 9.25. The van der Waals surface area contributed by atoms with Crippen LogP contribution >= 0.6 is 0 Å². The van der Waals surface area contributed by atoms with E-state index in [2.05, 4.69) is 0 Å². The topological polar surface area (TPSA) is 85.4 Å². The Hall–Kier alpha value is -1.66. The number of epoxide rings is 1. The van der Waals surface area contributed by atoms with Crippen LogP contribution in [0.1, 0.15) is 47.5 Å². The Labute approximate surface area is 154 Å². The van der Waals surface area contributed by atoms with Crippen LogP contribution in [0.4, 0.5) is 0 Å². The second-order valence-corrected chi connectivity index (χ2v) is 7.91. The van der Waals surface area contributed by atoms with E-state index in [0.29, 0.717) is 18.4 Å². The first-order chi connectivity index (χ1) is 12.2. The van der Waals surface area contributed by atoms with Crippen LogP contribution in [0.15, 0.2) is 23.3 Å². The summed E-state index contributed by atoms with van der Waals surface area (Å²) in [5, 5.41) is 10.5. The smallest absolute Gasteiger partial charge is 0.333 e. The highest BCUT2D eigenvalue weighted by atomic mass is 16.7. The maximum absolute atomic E-state index is 12.4. The molecule has 0 radical (unpaired) electrons. The van der Waals surface area contributed by atoms with Crippen molar-refractivity contribution in [3.8, 4) is 0 Å². The van der Waals surface area contributed by atoms with Crippen LogP contribution in [0.2, 0.25) is 0 Å². The van der Waals surface area contributed by atoms with Gasteiger partial charge in [0, 0.05) is 17.9 Å². The van der Waals surface area contributed by atoms with E-state index in [1.165, 1.54) is 0 Å². The standard InChI is InChI=1S/C20H28O6/c1-6-11(3)18(22)24-13-9-10(2)7-8-14(21)20(5)17(26-20)16-15(13)12(4)19(23)25-16/h6-7,12-17,21H,8-9H2,1-5H3/b10-7+,11-6+/t12-,13+,14-,15+,16-,17+,20+/m0/s1. The summed E-state index contributed by atoms with van der Waals surface area (Å²) in [7, 11) is 0. The van der Waals surface area contributed by atoms with Crippen LogP contribution in [0.5, 0.6) is 0 Å². The fourth-order valence-electron chi connectivity index (χ4n) is 4.01. The first kappa shape index (κ1) is 19.1. The van der Waals surface area contributed by atoms with Gasteiger partial charge in [-0.2, -0.15) is 0 Å². The largest absolute Gasteiger partial charge is 0.459 e. The molecule has 0 unspecified atom stereocenters. The van der Waals surface area contributed by atoms with Gasteiger partial charge < -0.3 is 19.3 Å². The summed E-state index contributed by atoms with van der Waals surface area (Å²) in [6.45, 7) is 9.08. The van der Waals surface area contributed by atoms with Crippen molar-refractivity contribution in [2.75, 3.05) is 0 Å². The van der Waals surface area contributed by atoms with Crippen molar-refractivity contribution in [2.45, 2.75) is 77.5 Å². The molecule has 6 heteroatoms. The molecule has 0 amide bonds. The molecule has 2 fully saturated rings. The van der Waals surface area contributed by atoms with Gasteiger partial charge in [0.2, 0.25) is 0 Å². The van der Waals surface area contributed by atoms with Gasteiger partial charge in [0.15, 0.2) is 0 Å². The van der Waals surface area contributed by atoms with Crippen molar-refractivity contribution >= 4 is 11.9 Å². The normalized spacial score (nSPS) is 44.9. The maximum Gasteiger partial charge on any atom is 0.333 e. The predicted molar refractivity (Wildman–Crippen MR) is 94.1 cm³/mol. The number of carbonyl (C=O) groups excluding carboxylic acids is 2. The van der Waals surface area contributed by atoms with Crippen LogP contribution < -0.4 is 0 Å². The minimum absolute atomic E-state index is 0.308. The minimum atomic E-state index is -0.741. The van der Waals surface area contributed by atoms with E-state index in [1.54, 1.807) is 26.8 Å². The average molecular weight is 364 g/mol. The van der Waals surface area contributed by atoms with Crippen molar-refractivity contribution in [3.63, 3.8) is 0 Å². The predicted octanol–water partition coefficient (Wildman–Crippen LogP) is 2.30.